The van der Waals surface area contributed by atoms with E-state index in [-0.39, 0.29) is 12.5 Å². The van der Waals surface area contributed by atoms with Crippen molar-refractivity contribution in [3.05, 3.63) is 29.6 Å². The minimum absolute atomic E-state index is 0.150. The zero-order valence-corrected chi connectivity index (χ0v) is 7.62. The molecule has 0 saturated carbocycles. The molecule has 1 rings (SSSR count). The molecule has 0 amide bonds. The van der Waals surface area contributed by atoms with E-state index in [1.165, 1.54) is 0 Å². The largest absolute Gasteiger partial charge is 0.396 e. The Morgan fingerprint density at radius 3 is 2.83 bits per heavy atom. The summed E-state index contributed by atoms with van der Waals surface area (Å²) in [5, 5.41) is 8.91. The predicted molar refractivity (Wildman–Crippen MR) is 49.1 cm³/mol. The van der Waals surface area contributed by atoms with Gasteiger partial charge in [-0.05, 0) is 18.6 Å². The molecule has 1 N–H and O–H groups in total. The van der Waals surface area contributed by atoms with Crippen LogP contribution in [0.4, 0.5) is 0 Å². The molecule has 0 bridgehead atoms. The quantitative estimate of drug-likeness (QED) is 0.740. The lowest BCUT2D eigenvalue weighted by molar-refractivity contribution is 0.271. The highest BCUT2D eigenvalue weighted by atomic mass is 16.3. The number of nitrogens with zero attached hydrogens (tertiary/aromatic N) is 1. The molecule has 1 unspecified atom stereocenters. The third-order valence-corrected chi connectivity index (χ3v) is 1.97. The number of hydrogen-bond donors (Lipinski definition) is 1. The summed E-state index contributed by atoms with van der Waals surface area (Å²) in [5.74, 6) is 0.150. The lowest BCUT2D eigenvalue weighted by Gasteiger charge is -2.07. The molecule has 0 aromatic carbocycles. The monoisotopic (exact) mass is 165 g/mol. The van der Waals surface area contributed by atoms with Gasteiger partial charge >= 0.3 is 0 Å². The zero-order chi connectivity index (χ0) is 8.97. The number of aryl methyl sites for hydroxylation is 1. The van der Waals surface area contributed by atoms with Crippen LogP contribution in [0.3, 0.4) is 0 Å². The van der Waals surface area contributed by atoms with Gasteiger partial charge in [0.1, 0.15) is 0 Å². The van der Waals surface area contributed by atoms with E-state index in [0.717, 1.165) is 17.8 Å². The van der Waals surface area contributed by atoms with Crippen LogP contribution in [0.1, 0.15) is 31.2 Å². The Kier molecular flexibility index (Phi) is 3.23. The van der Waals surface area contributed by atoms with Gasteiger partial charge in [-0.25, -0.2) is 0 Å². The first-order valence-corrected chi connectivity index (χ1v) is 4.34. The molecule has 0 aliphatic carbocycles. The van der Waals surface area contributed by atoms with E-state index < -0.39 is 0 Å². The molecule has 0 aliphatic rings. The maximum Gasteiger partial charge on any atom is 0.0512 e. The lowest BCUT2D eigenvalue weighted by atomic mass is 10.1. The van der Waals surface area contributed by atoms with Crippen LogP contribution in [0, 0.1) is 0 Å². The molecule has 1 aromatic rings. The van der Waals surface area contributed by atoms with E-state index >= 15 is 0 Å². The Balaban J connectivity index is 2.86. The maximum atomic E-state index is 8.91. The topological polar surface area (TPSA) is 33.1 Å². The Hall–Kier alpha value is -0.890. The molecule has 0 saturated heterocycles. The number of aliphatic hydroxyl groups excluding tert-OH is 1. The second-order valence-electron chi connectivity index (χ2n) is 2.99. The third-order valence-electron chi connectivity index (χ3n) is 1.97. The summed E-state index contributed by atoms with van der Waals surface area (Å²) >= 11 is 0. The van der Waals surface area contributed by atoms with Crippen LogP contribution in [-0.2, 0) is 6.42 Å². The van der Waals surface area contributed by atoms with E-state index in [9.17, 15) is 0 Å². The van der Waals surface area contributed by atoms with E-state index in [1.807, 2.05) is 25.1 Å². The molecule has 0 spiro atoms. The predicted octanol–water partition coefficient (Wildman–Crippen LogP) is 1.74. The van der Waals surface area contributed by atoms with Gasteiger partial charge in [-0.1, -0.05) is 19.9 Å². The van der Waals surface area contributed by atoms with Crippen molar-refractivity contribution in [2.24, 2.45) is 0 Å². The van der Waals surface area contributed by atoms with Crippen LogP contribution >= 0.6 is 0 Å². The molecule has 2 nitrogen and oxygen atoms in total. The van der Waals surface area contributed by atoms with Gasteiger partial charge in [-0.2, -0.15) is 0 Å². The average molecular weight is 165 g/mol. The van der Waals surface area contributed by atoms with Gasteiger partial charge in [0.25, 0.3) is 0 Å². The molecule has 12 heavy (non-hydrogen) atoms. The summed E-state index contributed by atoms with van der Waals surface area (Å²) < 4.78 is 0. The fourth-order valence-corrected chi connectivity index (χ4v) is 1.06. The lowest BCUT2D eigenvalue weighted by Crippen LogP contribution is -2.02. The Labute approximate surface area is 73.3 Å². The Bertz CT molecular complexity index is 247. The normalized spacial score (nSPS) is 12.9. The highest BCUT2D eigenvalue weighted by Gasteiger charge is 2.04. The van der Waals surface area contributed by atoms with Crippen LogP contribution in [0.2, 0.25) is 0 Å². The van der Waals surface area contributed by atoms with Crippen molar-refractivity contribution in [1.82, 2.24) is 4.98 Å². The van der Waals surface area contributed by atoms with Crippen molar-refractivity contribution < 1.29 is 5.11 Å². The molecule has 1 aromatic heterocycles. The highest BCUT2D eigenvalue weighted by Crippen LogP contribution is 2.11. The van der Waals surface area contributed by atoms with Crippen LogP contribution < -0.4 is 0 Å². The second-order valence-corrected chi connectivity index (χ2v) is 2.99. The van der Waals surface area contributed by atoms with Gasteiger partial charge in [0, 0.05) is 17.3 Å². The number of hydrogen-bond acceptors (Lipinski definition) is 2. The molecular formula is C10H15NO. The SMILES string of the molecule is CCc1cccc(C(C)CO)n1. The Morgan fingerprint density at radius 2 is 2.25 bits per heavy atom. The van der Waals surface area contributed by atoms with Gasteiger partial charge in [-0.15, -0.1) is 0 Å². The number of rotatable bonds is 3. The van der Waals surface area contributed by atoms with Crippen LogP contribution in [0.25, 0.3) is 0 Å². The molecular weight excluding hydrogens is 150 g/mol. The molecule has 0 radical (unpaired) electrons. The van der Waals surface area contributed by atoms with E-state index in [1.54, 1.807) is 0 Å². The van der Waals surface area contributed by atoms with Gasteiger partial charge in [0.15, 0.2) is 0 Å². The number of aliphatic hydroxyl groups is 1. The first-order valence-electron chi connectivity index (χ1n) is 4.34. The molecule has 1 heterocycles. The smallest absolute Gasteiger partial charge is 0.0512 e. The first kappa shape index (κ1) is 9.20. The van der Waals surface area contributed by atoms with Gasteiger partial charge in [0.05, 0.1) is 6.61 Å². The van der Waals surface area contributed by atoms with Crippen molar-refractivity contribution in [1.29, 1.82) is 0 Å². The van der Waals surface area contributed by atoms with Crippen molar-refractivity contribution >= 4 is 0 Å². The van der Waals surface area contributed by atoms with Crippen LogP contribution in [0.5, 0.6) is 0 Å². The highest BCUT2D eigenvalue weighted by molar-refractivity contribution is 5.14. The van der Waals surface area contributed by atoms with Crippen molar-refractivity contribution in [3.8, 4) is 0 Å². The van der Waals surface area contributed by atoms with Crippen LogP contribution in [-0.4, -0.2) is 16.7 Å². The summed E-state index contributed by atoms with van der Waals surface area (Å²) in [5.41, 5.74) is 2.07. The van der Waals surface area contributed by atoms with Crippen molar-refractivity contribution in [2.45, 2.75) is 26.2 Å². The van der Waals surface area contributed by atoms with Crippen LogP contribution in [0.15, 0.2) is 18.2 Å². The summed E-state index contributed by atoms with van der Waals surface area (Å²) in [6, 6.07) is 5.96. The Morgan fingerprint density at radius 1 is 1.50 bits per heavy atom. The minimum atomic E-state index is 0.150. The average Bonchev–Trinajstić information content (AvgIpc) is 2.17. The summed E-state index contributed by atoms with van der Waals surface area (Å²) in [6.07, 6.45) is 0.950. The van der Waals surface area contributed by atoms with Crippen molar-refractivity contribution in [3.63, 3.8) is 0 Å². The zero-order valence-electron chi connectivity index (χ0n) is 7.62. The summed E-state index contributed by atoms with van der Waals surface area (Å²) in [4.78, 5) is 4.40. The maximum absolute atomic E-state index is 8.91. The first-order chi connectivity index (χ1) is 5.77. The minimum Gasteiger partial charge on any atom is -0.396 e. The van der Waals surface area contributed by atoms with E-state index in [4.69, 9.17) is 5.11 Å². The van der Waals surface area contributed by atoms with E-state index in [0.29, 0.717) is 0 Å². The molecule has 66 valence electrons. The standard InChI is InChI=1S/C10H15NO/c1-3-9-5-4-6-10(11-9)8(2)7-12/h4-6,8,12H,3,7H2,1-2H3. The van der Waals surface area contributed by atoms with Gasteiger partial charge in [-0.3, -0.25) is 4.98 Å². The number of pyridine rings is 1. The fourth-order valence-electron chi connectivity index (χ4n) is 1.06. The third kappa shape index (κ3) is 2.05. The molecule has 0 aliphatic heterocycles. The van der Waals surface area contributed by atoms with Gasteiger partial charge < -0.3 is 5.11 Å². The molecule has 1 atom stereocenters. The summed E-state index contributed by atoms with van der Waals surface area (Å²) in [6.45, 7) is 4.22. The molecule has 2 heteroatoms. The second kappa shape index (κ2) is 4.21. The molecule has 0 fully saturated rings. The van der Waals surface area contributed by atoms with E-state index in [2.05, 4.69) is 11.9 Å². The number of aromatic nitrogens is 1. The fraction of sp³-hybridized carbons (Fsp3) is 0.500. The van der Waals surface area contributed by atoms with Crippen molar-refractivity contribution in [2.75, 3.05) is 6.61 Å². The van der Waals surface area contributed by atoms with Gasteiger partial charge in [0.2, 0.25) is 0 Å². The summed E-state index contributed by atoms with van der Waals surface area (Å²) in [7, 11) is 0.